The van der Waals surface area contributed by atoms with E-state index < -0.39 is 0 Å². The number of benzene rings is 2. The molecule has 0 unspecified atom stereocenters. The van der Waals surface area contributed by atoms with Crippen LogP contribution in [0.1, 0.15) is 11.1 Å². The van der Waals surface area contributed by atoms with E-state index in [9.17, 15) is 4.79 Å². The van der Waals surface area contributed by atoms with Crippen molar-refractivity contribution in [3.63, 3.8) is 0 Å². The average Bonchev–Trinajstić information content (AvgIpc) is 2.96. The van der Waals surface area contributed by atoms with E-state index >= 15 is 0 Å². The normalized spacial score (nSPS) is 12.1. The first-order valence-corrected chi connectivity index (χ1v) is 7.60. The molecule has 0 bridgehead atoms. The molecule has 1 heterocycles. The summed E-state index contributed by atoms with van der Waals surface area (Å²) in [5.41, 5.74) is 2.73. The molecule has 0 atom stereocenters. The van der Waals surface area contributed by atoms with Gasteiger partial charge in [-0.2, -0.15) is 0 Å². The number of anilines is 1. The van der Waals surface area contributed by atoms with E-state index in [4.69, 9.17) is 9.47 Å². The largest absolute Gasteiger partial charge is 0.454 e. The molecule has 2 amide bonds. The number of hydrogen-bond acceptors (Lipinski definition) is 3. The van der Waals surface area contributed by atoms with Gasteiger partial charge in [-0.1, -0.05) is 28.1 Å². The second kappa shape index (κ2) is 6.27. The van der Waals surface area contributed by atoms with Crippen LogP contribution in [0.3, 0.4) is 0 Å². The van der Waals surface area contributed by atoms with Crippen LogP contribution in [0.25, 0.3) is 0 Å². The molecule has 0 fully saturated rings. The highest BCUT2D eigenvalue weighted by Crippen LogP contribution is 2.32. The number of nitrogens with one attached hydrogen (secondary N) is 2. The monoisotopic (exact) mass is 362 g/mol. The number of halogens is 1. The van der Waals surface area contributed by atoms with Gasteiger partial charge in [-0.05, 0) is 42.3 Å². The van der Waals surface area contributed by atoms with Crippen molar-refractivity contribution in [2.24, 2.45) is 0 Å². The van der Waals surface area contributed by atoms with E-state index in [2.05, 4.69) is 26.6 Å². The number of urea groups is 1. The zero-order chi connectivity index (χ0) is 15.5. The summed E-state index contributed by atoms with van der Waals surface area (Å²) in [7, 11) is 0. The number of ether oxygens (including phenoxy) is 2. The number of amides is 2. The zero-order valence-corrected chi connectivity index (χ0v) is 13.6. The molecule has 0 saturated carbocycles. The Morgan fingerprint density at radius 3 is 2.86 bits per heavy atom. The van der Waals surface area contributed by atoms with Crippen LogP contribution in [0.2, 0.25) is 0 Å². The van der Waals surface area contributed by atoms with Gasteiger partial charge >= 0.3 is 6.03 Å². The average molecular weight is 363 g/mol. The Bertz CT molecular complexity index is 719. The van der Waals surface area contributed by atoms with Gasteiger partial charge < -0.3 is 20.1 Å². The van der Waals surface area contributed by atoms with Crippen molar-refractivity contribution in [3.05, 3.63) is 52.0 Å². The molecule has 114 valence electrons. The van der Waals surface area contributed by atoms with Crippen molar-refractivity contribution in [2.75, 3.05) is 12.1 Å². The van der Waals surface area contributed by atoms with Crippen LogP contribution in [-0.4, -0.2) is 12.8 Å². The summed E-state index contributed by atoms with van der Waals surface area (Å²) in [6, 6.07) is 11.1. The van der Waals surface area contributed by atoms with Crippen molar-refractivity contribution in [2.45, 2.75) is 13.5 Å². The Kier molecular flexibility index (Phi) is 4.20. The Labute approximate surface area is 136 Å². The van der Waals surface area contributed by atoms with E-state index in [-0.39, 0.29) is 12.8 Å². The van der Waals surface area contributed by atoms with Crippen LogP contribution >= 0.6 is 15.9 Å². The predicted octanol–water partition coefficient (Wildman–Crippen LogP) is 3.81. The van der Waals surface area contributed by atoms with E-state index in [1.54, 1.807) is 0 Å². The molecule has 0 saturated heterocycles. The lowest BCUT2D eigenvalue weighted by Gasteiger charge is -2.10. The highest BCUT2D eigenvalue weighted by Gasteiger charge is 2.13. The molecule has 2 N–H and O–H groups in total. The van der Waals surface area contributed by atoms with Crippen molar-refractivity contribution in [3.8, 4) is 11.5 Å². The number of carbonyl (C=O) groups is 1. The van der Waals surface area contributed by atoms with Gasteiger partial charge in [-0.3, -0.25) is 0 Å². The first kappa shape index (κ1) is 14.7. The van der Waals surface area contributed by atoms with Crippen LogP contribution in [0.5, 0.6) is 11.5 Å². The maximum atomic E-state index is 12.0. The lowest BCUT2D eigenvalue weighted by molar-refractivity contribution is 0.174. The van der Waals surface area contributed by atoms with E-state index in [0.717, 1.165) is 27.0 Å². The minimum Gasteiger partial charge on any atom is -0.454 e. The van der Waals surface area contributed by atoms with Crippen LogP contribution in [0.15, 0.2) is 40.9 Å². The molecule has 22 heavy (non-hydrogen) atoms. The van der Waals surface area contributed by atoms with Gasteiger partial charge in [0.05, 0.1) is 0 Å². The molecule has 5 nitrogen and oxygen atoms in total. The quantitative estimate of drug-likeness (QED) is 0.872. The summed E-state index contributed by atoms with van der Waals surface area (Å²) in [5, 5.41) is 5.66. The van der Waals surface area contributed by atoms with Gasteiger partial charge in [0.1, 0.15) is 0 Å². The Balaban J connectivity index is 1.59. The van der Waals surface area contributed by atoms with Gasteiger partial charge in [0.15, 0.2) is 11.5 Å². The zero-order valence-electron chi connectivity index (χ0n) is 12.0. The Morgan fingerprint density at radius 1 is 1.18 bits per heavy atom. The SMILES string of the molecule is Cc1ccc(Br)cc1NC(=O)NCc1ccc2c(c1)OCO2. The van der Waals surface area contributed by atoms with Gasteiger partial charge in [-0.25, -0.2) is 4.79 Å². The van der Waals surface area contributed by atoms with Crippen molar-refractivity contribution < 1.29 is 14.3 Å². The molecule has 0 spiro atoms. The fourth-order valence-corrected chi connectivity index (χ4v) is 2.49. The minimum atomic E-state index is -0.251. The number of aryl methyl sites for hydroxylation is 1. The lowest BCUT2D eigenvalue weighted by atomic mass is 10.2. The number of carbonyl (C=O) groups excluding carboxylic acids is 1. The lowest BCUT2D eigenvalue weighted by Crippen LogP contribution is -2.28. The number of rotatable bonds is 3. The van der Waals surface area contributed by atoms with Crippen molar-refractivity contribution >= 4 is 27.6 Å². The van der Waals surface area contributed by atoms with Crippen LogP contribution < -0.4 is 20.1 Å². The topological polar surface area (TPSA) is 59.6 Å². The molecular formula is C16H15BrN2O3. The summed E-state index contributed by atoms with van der Waals surface area (Å²) in [6.07, 6.45) is 0. The molecule has 3 rings (SSSR count). The summed E-state index contributed by atoms with van der Waals surface area (Å²) < 4.78 is 11.5. The predicted molar refractivity (Wildman–Crippen MR) is 87.3 cm³/mol. The van der Waals surface area contributed by atoms with Crippen molar-refractivity contribution in [1.82, 2.24) is 5.32 Å². The molecular weight excluding hydrogens is 348 g/mol. The maximum absolute atomic E-state index is 12.0. The third kappa shape index (κ3) is 3.33. The standard InChI is InChI=1S/C16H15BrN2O3/c1-10-2-4-12(17)7-13(10)19-16(20)18-8-11-3-5-14-15(6-11)22-9-21-14/h2-7H,8-9H2,1H3,(H2,18,19,20). The van der Waals surface area contributed by atoms with Gasteiger partial charge in [-0.15, -0.1) is 0 Å². The second-order valence-electron chi connectivity index (χ2n) is 4.95. The first-order chi connectivity index (χ1) is 10.6. The number of hydrogen-bond donors (Lipinski definition) is 2. The minimum absolute atomic E-state index is 0.245. The molecule has 0 aromatic heterocycles. The van der Waals surface area contributed by atoms with E-state index in [1.807, 2.05) is 43.3 Å². The summed E-state index contributed by atoms with van der Waals surface area (Å²) in [4.78, 5) is 12.0. The molecule has 1 aliphatic heterocycles. The van der Waals surface area contributed by atoms with Crippen LogP contribution in [0, 0.1) is 6.92 Å². The first-order valence-electron chi connectivity index (χ1n) is 6.81. The van der Waals surface area contributed by atoms with Gasteiger partial charge in [0.25, 0.3) is 0 Å². The van der Waals surface area contributed by atoms with Gasteiger partial charge in [0, 0.05) is 16.7 Å². The smallest absolute Gasteiger partial charge is 0.319 e. The fourth-order valence-electron chi connectivity index (χ4n) is 2.13. The molecule has 2 aromatic rings. The van der Waals surface area contributed by atoms with Crippen LogP contribution in [0.4, 0.5) is 10.5 Å². The summed E-state index contributed by atoms with van der Waals surface area (Å²) in [6.45, 7) is 2.60. The third-order valence-electron chi connectivity index (χ3n) is 3.34. The van der Waals surface area contributed by atoms with E-state index in [0.29, 0.717) is 12.3 Å². The molecule has 0 aliphatic carbocycles. The maximum Gasteiger partial charge on any atom is 0.319 e. The van der Waals surface area contributed by atoms with Gasteiger partial charge in [0.2, 0.25) is 6.79 Å². The molecule has 6 heteroatoms. The summed E-state index contributed by atoms with van der Waals surface area (Å²) >= 11 is 3.39. The molecule has 0 radical (unpaired) electrons. The number of fused-ring (bicyclic) bond motifs is 1. The second-order valence-corrected chi connectivity index (χ2v) is 5.87. The van der Waals surface area contributed by atoms with Crippen molar-refractivity contribution in [1.29, 1.82) is 0 Å². The highest BCUT2D eigenvalue weighted by atomic mass is 79.9. The molecule has 1 aliphatic rings. The Morgan fingerprint density at radius 2 is 2.00 bits per heavy atom. The third-order valence-corrected chi connectivity index (χ3v) is 3.83. The van der Waals surface area contributed by atoms with E-state index in [1.165, 1.54) is 0 Å². The Hall–Kier alpha value is -2.21. The summed E-state index contributed by atoms with van der Waals surface area (Å²) in [5.74, 6) is 1.44. The van der Waals surface area contributed by atoms with Crippen LogP contribution in [-0.2, 0) is 6.54 Å². The molecule has 2 aromatic carbocycles. The fraction of sp³-hybridized carbons (Fsp3) is 0.188. The highest BCUT2D eigenvalue weighted by molar-refractivity contribution is 9.10.